The standard InChI is InChI=1S/C13H13FN2O2S/c1-9(11-3-2-4-12(14)6-11)15-7-10-5-13(16(17)18)19-8-10/h2-6,8-9,15H,7H2,1H3/t9-/m1/s1. The number of nitrogens with zero attached hydrogens (tertiary/aromatic N) is 1. The maximum Gasteiger partial charge on any atom is 0.324 e. The predicted octanol–water partition coefficient (Wildman–Crippen LogP) is 3.65. The van der Waals surface area contributed by atoms with Crippen LogP contribution in [0.3, 0.4) is 0 Å². The Morgan fingerprint density at radius 3 is 2.89 bits per heavy atom. The lowest BCUT2D eigenvalue weighted by Gasteiger charge is -2.13. The lowest BCUT2D eigenvalue weighted by molar-refractivity contribution is -0.380. The van der Waals surface area contributed by atoms with Crippen LogP contribution in [0.1, 0.15) is 24.1 Å². The largest absolute Gasteiger partial charge is 0.324 e. The van der Waals surface area contributed by atoms with E-state index in [2.05, 4.69) is 5.32 Å². The maximum absolute atomic E-state index is 13.1. The summed E-state index contributed by atoms with van der Waals surface area (Å²) in [5, 5.41) is 15.7. The lowest BCUT2D eigenvalue weighted by Crippen LogP contribution is -2.17. The molecule has 1 heterocycles. The highest BCUT2D eigenvalue weighted by atomic mass is 32.1. The zero-order chi connectivity index (χ0) is 13.8. The Morgan fingerprint density at radius 2 is 2.26 bits per heavy atom. The van der Waals surface area contributed by atoms with Crippen LogP contribution in [-0.4, -0.2) is 4.92 Å². The lowest BCUT2D eigenvalue weighted by atomic mass is 10.1. The molecule has 0 saturated carbocycles. The van der Waals surface area contributed by atoms with Crippen molar-refractivity contribution in [2.24, 2.45) is 0 Å². The molecule has 0 spiro atoms. The number of nitrogens with one attached hydrogen (secondary N) is 1. The number of rotatable bonds is 5. The van der Waals surface area contributed by atoms with Gasteiger partial charge in [-0.15, -0.1) is 0 Å². The molecule has 19 heavy (non-hydrogen) atoms. The number of nitro groups is 1. The number of hydrogen-bond acceptors (Lipinski definition) is 4. The third-order valence-electron chi connectivity index (χ3n) is 2.78. The number of hydrogen-bond donors (Lipinski definition) is 1. The second-order valence-electron chi connectivity index (χ2n) is 4.21. The molecule has 0 bridgehead atoms. The molecule has 0 unspecified atom stereocenters. The average Bonchev–Trinajstić information content (AvgIpc) is 2.85. The molecule has 2 rings (SSSR count). The highest BCUT2D eigenvalue weighted by Crippen LogP contribution is 2.23. The molecule has 1 N–H and O–H groups in total. The molecule has 0 radical (unpaired) electrons. The van der Waals surface area contributed by atoms with Crippen molar-refractivity contribution in [2.75, 3.05) is 0 Å². The molecular formula is C13H13FN2O2S. The number of thiophene rings is 1. The van der Waals surface area contributed by atoms with Crippen molar-refractivity contribution in [1.29, 1.82) is 0 Å². The Hall–Kier alpha value is -1.79. The van der Waals surface area contributed by atoms with Gasteiger partial charge in [0.05, 0.1) is 4.92 Å². The van der Waals surface area contributed by atoms with Gasteiger partial charge in [0.2, 0.25) is 0 Å². The van der Waals surface area contributed by atoms with Crippen molar-refractivity contribution >= 4 is 16.3 Å². The average molecular weight is 280 g/mol. The van der Waals surface area contributed by atoms with Gasteiger partial charge in [-0.1, -0.05) is 23.5 Å². The Balaban J connectivity index is 1.96. The third kappa shape index (κ3) is 3.59. The Morgan fingerprint density at radius 1 is 1.47 bits per heavy atom. The van der Waals surface area contributed by atoms with E-state index in [9.17, 15) is 14.5 Å². The van der Waals surface area contributed by atoms with Gasteiger partial charge in [0.15, 0.2) is 0 Å². The normalized spacial score (nSPS) is 12.3. The first-order chi connectivity index (χ1) is 9.06. The molecule has 0 aliphatic heterocycles. The van der Waals surface area contributed by atoms with Gasteiger partial charge in [0, 0.05) is 24.0 Å². The van der Waals surface area contributed by atoms with Crippen LogP contribution in [0.25, 0.3) is 0 Å². The van der Waals surface area contributed by atoms with E-state index in [4.69, 9.17) is 0 Å². The van der Waals surface area contributed by atoms with E-state index in [0.29, 0.717) is 6.54 Å². The van der Waals surface area contributed by atoms with Crippen LogP contribution in [0.2, 0.25) is 0 Å². The minimum atomic E-state index is -0.399. The fraction of sp³-hybridized carbons (Fsp3) is 0.231. The van der Waals surface area contributed by atoms with Crippen LogP contribution in [0.4, 0.5) is 9.39 Å². The summed E-state index contributed by atoms with van der Waals surface area (Å²) in [6.45, 7) is 2.44. The molecule has 6 heteroatoms. The molecule has 0 aliphatic carbocycles. The molecule has 0 aliphatic rings. The molecule has 1 aromatic carbocycles. The molecule has 2 aromatic rings. The van der Waals surface area contributed by atoms with Gasteiger partial charge in [-0.3, -0.25) is 10.1 Å². The van der Waals surface area contributed by atoms with E-state index in [1.54, 1.807) is 17.5 Å². The molecular weight excluding hydrogens is 267 g/mol. The molecule has 100 valence electrons. The van der Waals surface area contributed by atoms with Crippen molar-refractivity contribution in [1.82, 2.24) is 5.32 Å². The van der Waals surface area contributed by atoms with E-state index >= 15 is 0 Å². The zero-order valence-corrected chi connectivity index (χ0v) is 11.1. The Labute approximate surface area is 114 Å². The Kier molecular flexibility index (Phi) is 4.24. The monoisotopic (exact) mass is 280 g/mol. The summed E-state index contributed by atoms with van der Waals surface area (Å²) < 4.78 is 13.1. The van der Waals surface area contributed by atoms with Gasteiger partial charge in [0.25, 0.3) is 0 Å². The van der Waals surface area contributed by atoms with Gasteiger partial charge in [-0.25, -0.2) is 4.39 Å². The number of halogens is 1. The highest BCUT2D eigenvalue weighted by Gasteiger charge is 2.11. The smallest absolute Gasteiger partial charge is 0.306 e. The molecule has 0 fully saturated rings. The highest BCUT2D eigenvalue weighted by molar-refractivity contribution is 7.13. The summed E-state index contributed by atoms with van der Waals surface area (Å²) in [6, 6.07) is 7.92. The minimum Gasteiger partial charge on any atom is -0.306 e. The second-order valence-corrected chi connectivity index (χ2v) is 5.10. The van der Waals surface area contributed by atoms with Crippen LogP contribution < -0.4 is 5.32 Å². The van der Waals surface area contributed by atoms with E-state index in [-0.39, 0.29) is 16.9 Å². The van der Waals surface area contributed by atoms with Gasteiger partial charge >= 0.3 is 5.00 Å². The first-order valence-electron chi connectivity index (χ1n) is 5.77. The molecule has 0 amide bonds. The summed E-state index contributed by atoms with van der Waals surface area (Å²) in [4.78, 5) is 10.2. The molecule has 0 saturated heterocycles. The summed E-state index contributed by atoms with van der Waals surface area (Å²) in [5.74, 6) is -0.266. The van der Waals surface area contributed by atoms with Gasteiger partial charge in [-0.05, 0) is 30.2 Å². The first-order valence-corrected chi connectivity index (χ1v) is 6.65. The van der Waals surface area contributed by atoms with Gasteiger partial charge in [-0.2, -0.15) is 0 Å². The van der Waals surface area contributed by atoms with Crippen molar-refractivity contribution in [3.8, 4) is 0 Å². The van der Waals surface area contributed by atoms with E-state index < -0.39 is 4.92 Å². The Bertz CT molecular complexity index is 586. The molecule has 1 atom stereocenters. The molecule has 1 aromatic heterocycles. The topological polar surface area (TPSA) is 55.2 Å². The van der Waals surface area contributed by atoms with Crippen LogP contribution in [0.5, 0.6) is 0 Å². The van der Waals surface area contributed by atoms with E-state index in [0.717, 1.165) is 22.5 Å². The fourth-order valence-electron chi connectivity index (χ4n) is 1.72. The fourth-order valence-corrected chi connectivity index (χ4v) is 2.44. The summed E-state index contributed by atoms with van der Waals surface area (Å²) in [6.07, 6.45) is 0. The van der Waals surface area contributed by atoms with Crippen LogP contribution in [0.15, 0.2) is 35.7 Å². The minimum absolute atomic E-state index is 0.0188. The number of benzene rings is 1. The maximum atomic E-state index is 13.1. The first kappa shape index (κ1) is 13.6. The van der Waals surface area contributed by atoms with Crippen LogP contribution in [-0.2, 0) is 6.54 Å². The third-order valence-corrected chi connectivity index (χ3v) is 3.71. The summed E-state index contributed by atoms with van der Waals surface area (Å²) in [7, 11) is 0. The molecule has 4 nitrogen and oxygen atoms in total. The van der Waals surface area contributed by atoms with Gasteiger partial charge < -0.3 is 5.32 Å². The summed E-state index contributed by atoms with van der Waals surface area (Å²) >= 11 is 1.11. The quantitative estimate of drug-likeness (QED) is 0.672. The van der Waals surface area contributed by atoms with Gasteiger partial charge in [0.1, 0.15) is 5.82 Å². The SMILES string of the molecule is C[C@@H](NCc1csc([N+](=O)[O-])c1)c1cccc(F)c1. The summed E-state index contributed by atoms with van der Waals surface area (Å²) in [5.41, 5.74) is 1.71. The van der Waals surface area contributed by atoms with Crippen molar-refractivity contribution in [3.63, 3.8) is 0 Å². The zero-order valence-electron chi connectivity index (χ0n) is 10.3. The van der Waals surface area contributed by atoms with E-state index in [1.807, 2.05) is 13.0 Å². The van der Waals surface area contributed by atoms with Crippen LogP contribution in [0, 0.1) is 15.9 Å². The van der Waals surface area contributed by atoms with Crippen LogP contribution >= 0.6 is 11.3 Å². The van der Waals surface area contributed by atoms with E-state index in [1.165, 1.54) is 12.1 Å². The van der Waals surface area contributed by atoms with Crippen molar-refractivity contribution in [2.45, 2.75) is 19.5 Å². The second kappa shape index (κ2) is 5.90. The predicted molar refractivity (Wildman–Crippen MR) is 72.6 cm³/mol. The van der Waals surface area contributed by atoms with Crippen molar-refractivity contribution in [3.05, 3.63) is 62.8 Å². The van der Waals surface area contributed by atoms with Crippen molar-refractivity contribution < 1.29 is 9.31 Å².